The molecule has 3 heteroatoms. The first-order chi connectivity index (χ1) is 6.66. The van der Waals surface area contributed by atoms with Gasteiger partial charge >= 0.3 is 0 Å². The van der Waals surface area contributed by atoms with Crippen molar-refractivity contribution in [2.45, 2.75) is 0 Å². The van der Waals surface area contributed by atoms with Gasteiger partial charge in [0.25, 0.3) is 0 Å². The highest BCUT2D eigenvalue weighted by Gasteiger charge is 2.05. The fourth-order valence-corrected chi connectivity index (χ4v) is 1.27. The molecule has 0 radical (unpaired) electrons. The van der Waals surface area contributed by atoms with Gasteiger partial charge in [0.15, 0.2) is 0 Å². The summed E-state index contributed by atoms with van der Waals surface area (Å²) in [5, 5.41) is 0. The zero-order valence-corrected chi connectivity index (χ0v) is 8.50. The number of hydrogen-bond acceptors (Lipinski definition) is 2. The Morgan fingerprint density at radius 2 is 2.14 bits per heavy atom. The molecule has 0 spiro atoms. The second-order valence-corrected chi connectivity index (χ2v) is 3.21. The first-order valence-corrected chi connectivity index (χ1v) is 4.49. The zero-order chi connectivity index (χ0) is 10.6. The summed E-state index contributed by atoms with van der Waals surface area (Å²) in [7, 11) is 3.77. The predicted octanol–water partition coefficient (Wildman–Crippen LogP) is 1.86. The molecule has 1 rings (SSSR count). The van der Waals surface area contributed by atoms with E-state index in [1.807, 2.05) is 25.1 Å². The van der Waals surface area contributed by atoms with Crippen LogP contribution < -0.4 is 10.6 Å². The van der Waals surface area contributed by atoms with Gasteiger partial charge in [-0.2, -0.15) is 0 Å². The monoisotopic (exact) mass is 194 g/mol. The smallest absolute Gasteiger partial charge is 0.132 e. The maximum Gasteiger partial charge on any atom is 0.132 e. The van der Waals surface area contributed by atoms with E-state index < -0.39 is 0 Å². The maximum atomic E-state index is 13.4. The Bertz CT molecular complexity index is 332. The molecule has 0 aliphatic rings. The van der Waals surface area contributed by atoms with Crippen LogP contribution in [0.15, 0.2) is 24.3 Å². The first kappa shape index (κ1) is 10.7. The van der Waals surface area contributed by atoms with Gasteiger partial charge in [-0.3, -0.25) is 0 Å². The van der Waals surface area contributed by atoms with Crippen LogP contribution in [0.5, 0.6) is 0 Å². The van der Waals surface area contributed by atoms with E-state index in [0.717, 1.165) is 5.69 Å². The second-order valence-electron chi connectivity index (χ2n) is 3.21. The lowest BCUT2D eigenvalue weighted by atomic mass is 10.1. The van der Waals surface area contributed by atoms with E-state index in [0.29, 0.717) is 12.1 Å². The Kier molecular flexibility index (Phi) is 3.65. The Hall–Kier alpha value is -1.35. The first-order valence-electron chi connectivity index (χ1n) is 4.49. The van der Waals surface area contributed by atoms with Crippen molar-refractivity contribution >= 4 is 11.8 Å². The van der Waals surface area contributed by atoms with Crippen LogP contribution in [0, 0.1) is 5.82 Å². The molecule has 14 heavy (non-hydrogen) atoms. The van der Waals surface area contributed by atoms with Gasteiger partial charge in [0.2, 0.25) is 0 Å². The summed E-state index contributed by atoms with van der Waals surface area (Å²) in [6.45, 7) is 0.418. The van der Waals surface area contributed by atoms with Gasteiger partial charge in [-0.05, 0) is 12.1 Å². The van der Waals surface area contributed by atoms with Crippen LogP contribution >= 0.6 is 0 Å². The van der Waals surface area contributed by atoms with E-state index in [2.05, 4.69) is 0 Å². The normalized spacial score (nSPS) is 10.9. The molecule has 0 amide bonds. The van der Waals surface area contributed by atoms with Crippen molar-refractivity contribution in [1.82, 2.24) is 0 Å². The fraction of sp³-hybridized carbons (Fsp3) is 0.273. The van der Waals surface area contributed by atoms with Crippen LogP contribution in [0.4, 0.5) is 10.1 Å². The summed E-state index contributed by atoms with van der Waals surface area (Å²) in [5.74, 6) is -0.221. The minimum Gasteiger partial charge on any atom is -0.377 e. The highest BCUT2D eigenvalue weighted by atomic mass is 19.1. The van der Waals surface area contributed by atoms with Crippen molar-refractivity contribution in [2.75, 3.05) is 25.5 Å². The molecule has 0 saturated heterocycles. The number of nitrogens with two attached hydrogens (primary N) is 1. The third-order valence-corrected chi connectivity index (χ3v) is 1.93. The maximum absolute atomic E-state index is 13.4. The lowest BCUT2D eigenvalue weighted by Gasteiger charge is -2.15. The molecule has 0 bridgehead atoms. The molecule has 2 N–H and O–H groups in total. The average molecular weight is 194 g/mol. The molecule has 0 unspecified atom stereocenters. The van der Waals surface area contributed by atoms with Crippen LogP contribution in [0.3, 0.4) is 0 Å². The van der Waals surface area contributed by atoms with Crippen LogP contribution in [0.1, 0.15) is 5.56 Å². The number of nitrogens with zero attached hydrogens (tertiary/aromatic N) is 1. The van der Waals surface area contributed by atoms with Gasteiger partial charge in [0.1, 0.15) is 5.82 Å². The molecular weight excluding hydrogens is 179 g/mol. The molecule has 0 atom stereocenters. The summed E-state index contributed by atoms with van der Waals surface area (Å²) in [6.07, 6.45) is 3.45. The highest BCUT2D eigenvalue weighted by Crippen LogP contribution is 2.22. The Morgan fingerprint density at radius 3 is 2.71 bits per heavy atom. The predicted molar refractivity (Wildman–Crippen MR) is 58.8 cm³/mol. The minimum absolute atomic E-state index is 0.221. The van der Waals surface area contributed by atoms with E-state index >= 15 is 0 Å². The van der Waals surface area contributed by atoms with Crippen molar-refractivity contribution in [1.29, 1.82) is 0 Å². The van der Waals surface area contributed by atoms with E-state index in [1.54, 1.807) is 18.2 Å². The average Bonchev–Trinajstić information content (AvgIpc) is 2.15. The SMILES string of the molecule is CN(C)c1cccc(F)c1/C=C/CN. The molecule has 0 aliphatic carbocycles. The second kappa shape index (κ2) is 4.77. The summed E-state index contributed by atoms with van der Waals surface area (Å²) in [5.41, 5.74) is 6.77. The van der Waals surface area contributed by atoms with Gasteiger partial charge in [-0.1, -0.05) is 18.2 Å². The standard InChI is InChI=1S/C11H15FN2/c1-14(2)11-7-3-6-10(12)9(11)5-4-8-13/h3-7H,8,13H2,1-2H3/b5-4+. The van der Waals surface area contributed by atoms with Crippen molar-refractivity contribution in [2.24, 2.45) is 5.73 Å². The van der Waals surface area contributed by atoms with E-state index in [4.69, 9.17) is 5.73 Å². The van der Waals surface area contributed by atoms with Gasteiger partial charge in [0, 0.05) is 31.9 Å². The summed E-state index contributed by atoms with van der Waals surface area (Å²) >= 11 is 0. The molecule has 0 aromatic heterocycles. The number of halogens is 1. The number of benzene rings is 1. The van der Waals surface area contributed by atoms with Crippen LogP contribution in [0.25, 0.3) is 6.08 Å². The Morgan fingerprint density at radius 1 is 1.43 bits per heavy atom. The van der Waals surface area contributed by atoms with Gasteiger partial charge in [-0.15, -0.1) is 0 Å². The Labute approximate surface area is 83.8 Å². The van der Waals surface area contributed by atoms with Crippen LogP contribution in [0.2, 0.25) is 0 Å². The Balaban J connectivity index is 3.15. The molecule has 0 aliphatic heterocycles. The van der Waals surface area contributed by atoms with Crippen molar-refractivity contribution in [3.05, 3.63) is 35.7 Å². The van der Waals surface area contributed by atoms with E-state index in [9.17, 15) is 4.39 Å². The number of rotatable bonds is 3. The molecule has 0 heterocycles. The third-order valence-electron chi connectivity index (χ3n) is 1.93. The molecule has 1 aromatic carbocycles. The molecular formula is C11H15FN2. The van der Waals surface area contributed by atoms with Crippen LogP contribution in [-0.4, -0.2) is 20.6 Å². The molecule has 0 fully saturated rings. The van der Waals surface area contributed by atoms with Crippen molar-refractivity contribution in [3.63, 3.8) is 0 Å². The van der Waals surface area contributed by atoms with Gasteiger partial charge in [0.05, 0.1) is 0 Å². The largest absolute Gasteiger partial charge is 0.377 e. The summed E-state index contributed by atoms with van der Waals surface area (Å²) in [4.78, 5) is 1.87. The van der Waals surface area contributed by atoms with Crippen molar-refractivity contribution in [3.8, 4) is 0 Å². The number of anilines is 1. The van der Waals surface area contributed by atoms with Gasteiger partial charge in [-0.25, -0.2) is 4.39 Å². The molecule has 0 saturated carbocycles. The van der Waals surface area contributed by atoms with Gasteiger partial charge < -0.3 is 10.6 Å². The summed E-state index contributed by atoms with van der Waals surface area (Å²) in [6, 6.07) is 5.02. The van der Waals surface area contributed by atoms with Crippen LogP contribution in [-0.2, 0) is 0 Å². The van der Waals surface area contributed by atoms with E-state index in [1.165, 1.54) is 6.07 Å². The summed E-state index contributed by atoms with van der Waals surface area (Å²) < 4.78 is 13.4. The lowest BCUT2D eigenvalue weighted by molar-refractivity contribution is 0.625. The topological polar surface area (TPSA) is 29.3 Å². The fourth-order valence-electron chi connectivity index (χ4n) is 1.27. The molecule has 76 valence electrons. The quantitative estimate of drug-likeness (QED) is 0.795. The third kappa shape index (κ3) is 2.33. The minimum atomic E-state index is -0.221. The van der Waals surface area contributed by atoms with E-state index in [-0.39, 0.29) is 5.82 Å². The molecule has 1 aromatic rings. The highest BCUT2D eigenvalue weighted by molar-refractivity contribution is 5.67. The number of hydrogen-bond donors (Lipinski definition) is 1. The van der Waals surface area contributed by atoms with Crippen molar-refractivity contribution < 1.29 is 4.39 Å². The lowest BCUT2D eigenvalue weighted by Crippen LogP contribution is -2.10. The zero-order valence-electron chi connectivity index (χ0n) is 8.50. The molecule has 2 nitrogen and oxygen atoms in total.